The van der Waals surface area contributed by atoms with Gasteiger partial charge in [-0.15, -0.1) is 0 Å². The van der Waals surface area contributed by atoms with Crippen LogP contribution in [0.3, 0.4) is 0 Å². The van der Waals surface area contributed by atoms with Crippen molar-refractivity contribution in [3.05, 3.63) is 35.4 Å². The van der Waals surface area contributed by atoms with Gasteiger partial charge < -0.3 is 19.7 Å². The van der Waals surface area contributed by atoms with Crippen LogP contribution in [0.4, 0.5) is 0 Å². The lowest BCUT2D eigenvalue weighted by molar-refractivity contribution is -0.00838. The van der Waals surface area contributed by atoms with Crippen LogP contribution in [0.25, 0.3) is 0 Å². The number of rotatable bonds is 6. The Morgan fingerprint density at radius 1 is 1.31 bits per heavy atom. The Morgan fingerprint density at radius 2 is 2.12 bits per heavy atom. The van der Waals surface area contributed by atoms with E-state index in [1.165, 1.54) is 36.8 Å². The van der Waals surface area contributed by atoms with Gasteiger partial charge in [-0.1, -0.05) is 37.1 Å². The highest BCUT2D eigenvalue weighted by atomic mass is 16.5. The molecule has 26 heavy (non-hydrogen) atoms. The number of ether oxygens (including phenoxy) is 2. The molecule has 0 spiro atoms. The van der Waals surface area contributed by atoms with Crippen LogP contribution in [0.5, 0.6) is 0 Å². The number of benzene rings is 1. The van der Waals surface area contributed by atoms with Crippen LogP contribution in [-0.4, -0.2) is 56.9 Å². The minimum atomic E-state index is 0.106. The van der Waals surface area contributed by atoms with Gasteiger partial charge in [-0.05, 0) is 37.3 Å². The summed E-state index contributed by atoms with van der Waals surface area (Å²) in [6.45, 7) is 6.32. The Labute approximate surface area is 157 Å². The number of hydrogen-bond acceptors (Lipinski definition) is 3. The molecular weight excluding hydrogens is 326 g/mol. The quantitative estimate of drug-likeness (QED) is 0.481. The zero-order valence-corrected chi connectivity index (χ0v) is 16.2. The van der Waals surface area contributed by atoms with E-state index < -0.39 is 0 Å². The van der Waals surface area contributed by atoms with Crippen LogP contribution in [0.1, 0.15) is 49.3 Å². The Bertz CT molecular complexity index is 584. The third-order valence-corrected chi connectivity index (χ3v) is 5.37. The van der Waals surface area contributed by atoms with Gasteiger partial charge in [-0.3, -0.25) is 4.99 Å². The van der Waals surface area contributed by atoms with Gasteiger partial charge in [0.15, 0.2) is 5.96 Å². The average Bonchev–Trinajstić information content (AvgIpc) is 3.19. The van der Waals surface area contributed by atoms with Gasteiger partial charge in [0, 0.05) is 26.7 Å². The van der Waals surface area contributed by atoms with Gasteiger partial charge in [-0.2, -0.15) is 0 Å². The number of aryl methyl sites for hydroxylation is 1. The molecule has 3 rings (SSSR count). The summed E-state index contributed by atoms with van der Waals surface area (Å²) in [4.78, 5) is 6.78. The van der Waals surface area contributed by atoms with E-state index in [0.717, 1.165) is 45.2 Å². The highest BCUT2D eigenvalue weighted by molar-refractivity contribution is 5.80. The monoisotopic (exact) mass is 359 g/mol. The average molecular weight is 360 g/mol. The first kappa shape index (κ1) is 19.2. The first-order valence-electron chi connectivity index (χ1n) is 10.0. The molecule has 1 aromatic rings. The summed E-state index contributed by atoms with van der Waals surface area (Å²) in [6.07, 6.45) is 6.76. The molecule has 1 saturated heterocycles. The normalized spacial score (nSPS) is 22.0. The molecule has 1 N–H and O–H groups in total. The molecule has 0 bridgehead atoms. The summed E-state index contributed by atoms with van der Waals surface area (Å²) in [5, 5.41) is 3.49. The Balaban J connectivity index is 1.44. The third kappa shape index (κ3) is 5.21. The van der Waals surface area contributed by atoms with E-state index in [2.05, 4.69) is 46.4 Å². The minimum absolute atomic E-state index is 0.106. The second-order valence-electron chi connectivity index (χ2n) is 7.27. The maximum atomic E-state index is 6.03. The number of hydrogen-bond donors (Lipinski definition) is 1. The van der Waals surface area contributed by atoms with Crippen LogP contribution in [0.15, 0.2) is 29.3 Å². The van der Waals surface area contributed by atoms with Gasteiger partial charge in [-0.25, -0.2) is 0 Å². The SMILES string of the molecule is CN=C(NCCCOC1CCCC1)N1CCOC(c2ccccc2C)C1. The van der Waals surface area contributed by atoms with Crippen LogP contribution < -0.4 is 5.32 Å². The van der Waals surface area contributed by atoms with Gasteiger partial charge in [0.1, 0.15) is 6.10 Å². The smallest absolute Gasteiger partial charge is 0.193 e. The Morgan fingerprint density at radius 3 is 2.88 bits per heavy atom. The highest BCUT2D eigenvalue weighted by Gasteiger charge is 2.25. The van der Waals surface area contributed by atoms with Crippen molar-refractivity contribution in [2.75, 3.05) is 39.9 Å². The van der Waals surface area contributed by atoms with Crippen molar-refractivity contribution in [3.63, 3.8) is 0 Å². The predicted octanol–water partition coefficient (Wildman–Crippen LogP) is 3.29. The third-order valence-electron chi connectivity index (χ3n) is 5.37. The number of aliphatic imine (C=N–C) groups is 1. The van der Waals surface area contributed by atoms with E-state index in [4.69, 9.17) is 9.47 Å². The second kappa shape index (κ2) is 9.93. The van der Waals surface area contributed by atoms with Crippen molar-refractivity contribution in [1.82, 2.24) is 10.2 Å². The summed E-state index contributed by atoms with van der Waals surface area (Å²) in [6, 6.07) is 8.48. The van der Waals surface area contributed by atoms with Crippen molar-refractivity contribution in [3.8, 4) is 0 Å². The van der Waals surface area contributed by atoms with E-state index in [1.54, 1.807) is 0 Å². The van der Waals surface area contributed by atoms with Gasteiger partial charge in [0.25, 0.3) is 0 Å². The molecule has 1 atom stereocenters. The van der Waals surface area contributed by atoms with Crippen molar-refractivity contribution in [2.45, 2.75) is 51.2 Å². The highest BCUT2D eigenvalue weighted by Crippen LogP contribution is 2.25. The molecule has 2 fully saturated rings. The predicted molar refractivity (Wildman–Crippen MR) is 106 cm³/mol. The zero-order chi connectivity index (χ0) is 18.2. The van der Waals surface area contributed by atoms with Crippen molar-refractivity contribution >= 4 is 5.96 Å². The largest absolute Gasteiger partial charge is 0.378 e. The maximum Gasteiger partial charge on any atom is 0.193 e. The standard InChI is InChI=1S/C21H33N3O2/c1-17-8-3-6-11-19(17)20-16-24(13-15-26-20)21(22-2)23-12-7-14-25-18-9-4-5-10-18/h3,6,8,11,18,20H,4-5,7,9-10,12-16H2,1-2H3,(H,22,23). The fourth-order valence-corrected chi connectivity index (χ4v) is 3.89. The fourth-order valence-electron chi connectivity index (χ4n) is 3.89. The summed E-state index contributed by atoms with van der Waals surface area (Å²) < 4.78 is 12.0. The molecule has 5 heteroatoms. The first-order valence-corrected chi connectivity index (χ1v) is 10.0. The molecule has 0 radical (unpaired) electrons. The van der Waals surface area contributed by atoms with E-state index in [0.29, 0.717) is 6.10 Å². The number of nitrogens with one attached hydrogen (secondary N) is 1. The van der Waals surface area contributed by atoms with Crippen LogP contribution >= 0.6 is 0 Å². The van der Waals surface area contributed by atoms with Crippen LogP contribution in [-0.2, 0) is 9.47 Å². The minimum Gasteiger partial charge on any atom is -0.378 e. The van der Waals surface area contributed by atoms with Crippen molar-refractivity contribution < 1.29 is 9.47 Å². The molecule has 1 aliphatic carbocycles. The molecule has 1 saturated carbocycles. The topological polar surface area (TPSA) is 46.1 Å². The molecule has 1 unspecified atom stereocenters. The summed E-state index contributed by atoms with van der Waals surface area (Å²) in [5.74, 6) is 0.966. The second-order valence-corrected chi connectivity index (χ2v) is 7.27. The van der Waals surface area contributed by atoms with E-state index in [9.17, 15) is 0 Å². The zero-order valence-electron chi connectivity index (χ0n) is 16.2. The Hall–Kier alpha value is -1.59. The van der Waals surface area contributed by atoms with E-state index in [1.807, 2.05) is 7.05 Å². The summed E-state index contributed by atoms with van der Waals surface area (Å²) in [5.41, 5.74) is 2.56. The molecule has 1 heterocycles. The van der Waals surface area contributed by atoms with E-state index >= 15 is 0 Å². The molecule has 5 nitrogen and oxygen atoms in total. The molecule has 2 aliphatic rings. The summed E-state index contributed by atoms with van der Waals surface area (Å²) in [7, 11) is 1.86. The lowest BCUT2D eigenvalue weighted by Crippen LogP contribution is -2.48. The lowest BCUT2D eigenvalue weighted by Gasteiger charge is -2.35. The molecule has 0 aromatic heterocycles. The summed E-state index contributed by atoms with van der Waals surface area (Å²) >= 11 is 0. The molecule has 1 aromatic carbocycles. The van der Waals surface area contributed by atoms with Crippen LogP contribution in [0.2, 0.25) is 0 Å². The van der Waals surface area contributed by atoms with Gasteiger partial charge >= 0.3 is 0 Å². The van der Waals surface area contributed by atoms with Gasteiger partial charge in [0.2, 0.25) is 0 Å². The number of guanidine groups is 1. The molecule has 0 amide bonds. The van der Waals surface area contributed by atoms with E-state index in [-0.39, 0.29) is 6.10 Å². The Kier molecular flexibility index (Phi) is 7.32. The molecular formula is C21H33N3O2. The molecule has 144 valence electrons. The van der Waals surface area contributed by atoms with Crippen molar-refractivity contribution in [1.29, 1.82) is 0 Å². The molecule has 1 aliphatic heterocycles. The number of morpholine rings is 1. The van der Waals surface area contributed by atoms with Gasteiger partial charge in [0.05, 0.1) is 19.3 Å². The number of nitrogens with zero attached hydrogens (tertiary/aromatic N) is 2. The lowest BCUT2D eigenvalue weighted by atomic mass is 10.0. The fraction of sp³-hybridized carbons (Fsp3) is 0.667. The van der Waals surface area contributed by atoms with Crippen molar-refractivity contribution in [2.24, 2.45) is 4.99 Å². The van der Waals surface area contributed by atoms with Crippen LogP contribution in [0, 0.1) is 6.92 Å². The first-order chi connectivity index (χ1) is 12.8. The maximum absolute atomic E-state index is 6.03.